The second-order valence-corrected chi connectivity index (χ2v) is 22.4. The Morgan fingerprint density at radius 3 is 1.19 bits per heavy atom. The van der Waals surface area contributed by atoms with Crippen molar-refractivity contribution in [3.05, 3.63) is 122 Å². The second-order valence-electron chi connectivity index (χ2n) is 21.0. The number of phosphoric acid groups is 1. The minimum Gasteiger partial charge on any atom is -0.387 e. The van der Waals surface area contributed by atoms with Crippen molar-refractivity contribution in [2.24, 2.45) is 0 Å². The van der Waals surface area contributed by atoms with Crippen molar-refractivity contribution in [2.75, 3.05) is 40.9 Å². The topological polar surface area (TPSA) is 105 Å². The molecule has 3 N–H and O–H groups in total. The van der Waals surface area contributed by atoms with Crippen LogP contribution < -0.4 is 5.32 Å². The van der Waals surface area contributed by atoms with E-state index in [0.29, 0.717) is 17.4 Å². The number of aliphatic hydroxyl groups is 1. The summed E-state index contributed by atoms with van der Waals surface area (Å²) in [6.07, 6.45) is 81.5. The normalized spacial score (nSPS) is 14.7. The summed E-state index contributed by atoms with van der Waals surface area (Å²) in [6, 6.07) is -0.861. The van der Waals surface area contributed by atoms with E-state index in [-0.39, 0.29) is 19.1 Å². The van der Waals surface area contributed by atoms with E-state index in [4.69, 9.17) is 9.05 Å². The zero-order valence-corrected chi connectivity index (χ0v) is 49.2. The van der Waals surface area contributed by atoms with Crippen LogP contribution in [0.3, 0.4) is 0 Å². The van der Waals surface area contributed by atoms with E-state index in [9.17, 15) is 19.4 Å². The number of unbranched alkanes of at least 4 members (excludes halogenated alkanes) is 22. The predicted octanol–water partition coefficient (Wildman–Crippen LogP) is 18.5. The molecule has 3 atom stereocenters. The molecule has 0 aliphatic heterocycles. The molecule has 0 aromatic rings. The highest BCUT2D eigenvalue weighted by molar-refractivity contribution is 7.47. The Kier molecular flexibility index (Phi) is 52.4. The third-order valence-corrected chi connectivity index (χ3v) is 13.7. The number of phosphoric ester groups is 1. The van der Waals surface area contributed by atoms with Gasteiger partial charge in [0.1, 0.15) is 13.2 Å². The highest BCUT2D eigenvalue weighted by Gasteiger charge is 2.27. The lowest BCUT2D eigenvalue weighted by atomic mass is 10.0. The highest BCUT2D eigenvalue weighted by atomic mass is 31.2. The van der Waals surface area contributed by atoms with Crippen LogP contribution >= 0.6 is 7.82 Å². The number of hydrogen-bond acceptors (Lipinski definition) is 5. The summed E-state index contributed by atoms with van der Waals surface area (Å²) in [5.41, 5.74) is 0. The van der Waals surface area contributed by atoms with E-state index in [1.165, 1.54) is 103 Å². The Balaban J connectivity index is 4.22. The van der Waals surface area contributed by atoms with Gasteiger partial charge in [0.2, 0.25) is 5.91 Å². The summed E-state index contributed by atoms with van der Waals surface area (Å²) in [5.74, 6) is -0.192. The average molecular weight is 1050 g/mol. The fraction of sp³-hybridized carbons (Fsp3) is 0.677. The van der Waals surface area contributed by atoms with E-state index in [2.05, 4.69) is 129 Å². The number of hydrogen-bond donors (Lipinski definition) is 3. The van der Waals surface area contributed by atoms with Gasteiger partial charge in [-0.15, -0.1) is 0 Å². The first-order valence-electron chi connectivity index (χ1n) is 29.9. The lowest BCUT2D eigenvalue weighted by Gasteiger charge is -2.25. The molecule has 0 bridgehead atoms. The van der Waals surface area contributed by atoms with E-state index in [1.54, 1.807) is 6.08 Å². The molecule has 0 aliphatic carbocycles. The molecule has 0 saturated carbocycles. The zero-order valence-electron chi connectivity index (χ0n) is 48.3. The molecule has 0 saturated heterocycles. The number of likely N-dealkylation sites (N-methyl/N-ethyl adjacent to an activating group) is 1. The number of carbonyl (C=O) groups excluding carboxylic acids is 1. The molecular weight excluding hydrogens is 936 g/mol. The molecule has 0 aromatic heterocycles. The SMILES string of the molecule is CC/C=C\C/C=C\C/C=C\C/C=C\C/C=C\C/C=C\C/C=C\C/C=C\C/C=C\CCCCCCCCCC(=O)NC(COP(=O)(O)OCC[N+](C)(C)C)C(O)/C=C/CCCCCCCCCCCCCCCCC. The Morgan fingerprint density at radius 1 is 0.473 bits per heavy atom. The zero-order chi connectivity index (χ0) is 54.2. The van der Waals surface area contributed by atoms with E-state index in [0.717, 1.165) is 109 Å². The lowest BCUT2D eigenvalue weighted by molar-refractivity contribution is -0.870. The standard InChI is InChI=1S/C65H113N2O6P/c1-6-8-10-12-14-16-18-20-22-24-25-26-27-28-29-30-31-32-33-34-35-36-37-38-39-40-41-43-45-47-49-51-53-55-57-59-65(69)66-63(62-73-74(70,71)72-61-60-67(3,4)5)64(68)58-56-54-52-50-48-46-44-42-23-21-19-17-15-13-11-9-7-2/h8,10,14,16,20,22,25-26,28-29,31-32,34-35,37-38,40-41,56,58,63-64,68H,6-7,9,11-13,15,17-19,21,23-24,27,30,33,36,39,42-55,57,59-62H2,1-5H3,(H-,66,69,70,71)/p+1/b10-8-,16-14-,22-20-,26-25-,29-28-,32-31-,35-34-,38-37-,41-40-,58-56+. The molecule has 0 aliphatic rings. The van der Waals surface area contributed by atoms with Gasteiger partial charge in [0.15, 0.2) is 0 Å². The summed E-state index contributed by atoms with van der Waals surface area (Å²) in [6.45, 7) is 4.69. The quantitative estimate of drug-likeness (QED) is 0.0243. The minimum absolute atomic E-state index is 0.0532. The second kappa shape index (κ2) is 54.7. The number of nitrogens with one attached hydrogen (secondary N) is 1. The van der Waals surface area contributed by atoms with Gasteiger partial charge in [0.25, 0.3) is 0 Å². The molecule has 0 rings (SSSR count). The molecule has 0 heterocycles. The molecule has 0 radical (unpaired) electrons. The number of quaternary nitrogens is 1. The van der Waals surface area contributed by atoms with Crippen LogP contribution in [-0.2, 0) is 18.4 Å². The molecule has 8 nitrogen and oxygen atoms in total. The maximum Gasteiger partial charge on any atom is 0.472 e. The number of aliphatic hydroxyl groups excluding tert-OH is 1. The van der Waals surface area contributed by atoms with Crippen LogP contribution in [0.15, 0.2) is 122 Å². The maximum absolute atomic E-state index is 13.0. The van der Waals surface area contributed by atoms with Gasteiger partial charge in [0, 0.05) is 6.42 Å². The third-order valence-electron chi connectivity index (χ3n) is 12.7. The lowest BCUT2D eigenvalue weighted by Crippen LogP contribution is -2.45. The number of allylic oxidation sites excluding steroid dienone is 19. The molecule has 0 fully saturated rings. The monoisotopic (exact) mass is 1050 g/mol. The van der Waals surface area contributed by atoms with Crippen LogP contribution in [0.2, 0.25) is 0 Å². The van der Waals surface area contributed by atoms with Gasteiger partial charge in [-0.3, -0.25) is 13.8 Å². The largest absolute Gasteiger partial charge is 0.472 e. The van der Waals surface area contributed by atoms with Gasteiger partial charge >= 0.3 is 7.82 Å². The maximum atomic E-state index is 13.0. The predicted molar refractivity (Wildman–Crippen MR) is 322 cm³/mol. The molecule has 0 aromatic carbocycles. The van der Waals surface area contributed by atoms with Crippen LogP contribution in [0.5, 0.6) is 0 Å². The van der Waals surface area contributed by atoms with Crippen LogP contribution in [-0.4, -0.2) is 73.4 Å². The Hall–Kier alpha value is -3.10. The first-order valence-corrected chi connectivity index (χ1v) is 31.4. The van der Waals surface area contributed by atoms with Crippen LogP contribution in [0.25, 0.3) is 0 Å². The smallest absolute Gasteiger partial charge is 0.387 e. The number of rotatable bonds is 53. The molecule has 3 unspecified atom stereocenters. The summed E-state index contributed by atoms with van der Waals surface area (Å²) >= 11 is 0. The van der Waals surface area contributed by atoms with Crippen LogP contribution in [0.4, 0.5) is 0 Å². The number of carbonyl (C=O) groups is 1. The van der Waals surface area contributed by atoms with Crippen molar-refractivity contribution in [2.45, 2.75) is 244 Å². The van der Waals surface area contributed by atoms with Crippen molar-refractivity contribution in [1.29, 1.82) is 0 Å². The molecular formula is C65H114N2O6P+. The molecule has 424 valence electrons. The molecule has 0 spiro atoms. The number of nitrogens with zero attached hydrogens (tertiary/aromatic N) is 1. The average Bonchev–Trinajstić information content (AvgIpc) is 3.36. The van der Waals surface area contributed by atoms with Gasteiger partial charge in [0.05, 0.1) is 39.9 Å². The Morgan fingerprint density at radius 2 is 0.811 bits per heavy atom. The van der Waals surface area contributed by atoms with Gasteiger partial charge < -0.3 is 19.8 Å². The van der Waals surface area contributed by atoms with E-state index in [1.807, 2.05) is 27.2 Å². The van der Waals surface area contributed by atoms with Crippen molar-refractivity contribution in [3.63, 3.8) is 0 Å². The summed E-state index contributed by atoms with van der Waals surface area (Å²) in [7, 11) is 1.55. The Bertz CT molecular complexity index is 1620. The fourth-order valence-electron chi connectivity index (χ4n) is 8.03. The van der Waals surface area contributed by atoms with Gasteiger partial charge in [-0.25, -0.2) is 4.57 Å². The van der Waals surface area contributed by atoms with Crippen molar-refractivity contribution in [3.8, 4) is 0 Å². The third kappa shape index (κ3) is 56.6. The van der Waals surface area contributed by atoms with Crippen molar-refractivity contribution < 1.29 is 32.9 Å². The van der Waals surface area contributed by atoms with Crippen LogP contribution in [0.1, 0.15) is 232 Å². The molecule has 1 amide bonds. The number of amides is 1. The highest BCUT2D eigenvalue weighted by Crippen LogP contribution is 2.43. The fourth-order valence-corrected chi connectivity index (χ4v) is 8.77. The minimum atomic E-state index is -4.36. The van der Waals surface area contributed by atoms with Crippen molar-refractivity contribution in [1.82, 2.24) is 5.32 Å². The van der Waals surface area contributed by atoms with Gasteiger partial charge in [-0.05, 0) is 89.9 Å². The van der Waals surface area contributed by atoms with Crippen LogP contribution in [0, 0.1) is 0 Å². The van der Waals surface area contributed by atoms with Crippen molar-refractivity contribution >= 4 is 13.7 Å². The van der Waals surface area contributed by atoms with Gasteiger partial charge in [-0.1, -0.05) is 257 Å². The Labute approximate surface area is 456 Å². The summed E-state index contributed by atoms with van der Waals surface area (Å²) in [4.78, 5) is 23.3. The first kappa shape index (κ1) is 70.9. The summed E-state index contributed by atoms with van der Waals surface area (Å²) < 4.78 is 23.7. The first-order chi connectivity index (χ1) is 36.0. The van der Waals surface area contributed by atoms with E-state index >= 15 is 0 Å². The van der Waals surface area contributed by atoms with Gasteiger partial charge in [-0.2, -0.15) is 0 Å². The molecule has 9 heteroatoms. The van der Waals surface area contributed by atoms with E-state index < -0.39 is 20.0 Å². The summed E-state index contributed by atoms with van der Waals surface area (Å²) in [5, 5.41) is 13.9. The molecule has 74 heavy (non-hydrogen) atoms.